The molecule has 124 valence electrons. The van der Waals surface area contributed by atoms with Gasteiger partial charge in [-0.05, 0) is 32.4 Å². The molecule has 0 aromatic heterocycles. The highest BCUT2D eigenvalue weighted by Gasteiger charge is 2.09. The lowest BCUT2D eigenvalue weighted by Gasteiger charge is -2.03. The topological polar surface area (TPSA) is 95.4 Å². The Morgan fingerprint density at radius 3 is 1.43 bits per heavy atom. The van der Waals surface area contributed by atoms with E-state index in [1.54, 1.807) is 0 Å². The standard InChI is InChI=1S/C16H32N2O3/c17-13-9-7-5-3-1-2-4-6-8-11-15(19)21-16(20)12-10-14-18/h1-14,17-18H2. The van der Waals surface area contributed by atoms with Gasteiger partial charge in [0.25, 0.3) is 0 Å². The van der Waals surface area contributed by atoms with Crippen molar-refractivity contribution in [2.45, 2.75) is 77.0 Å². The highest BCUT2D eigenvalue weighted by molar-refractivity contribution is 5.85. The first-order valence-electron chi connectivity index (χ1n) is 8.34. The summed E-state index contributed by atoms with van der Waals surface area (Å²) in [5.74, 6) is -0.860. The predicted octanol–water partition coefficient (Wildman–Crippen LogP) is 2.65. The van der Waals surface area contributed by atoms with Crippen LogP contribution >= 0.6 is 0 Å². The van der Waals surface area contributed by atoms with Crippen LogP contribution in [0.3, 0.4) is 0 Å². The van der Waals surface area contributed by atoms with E-state index in [0.717, 1.165) is 32.2 Å². The number of unbranched alkanes of at least 4 members (excludes halogenated alkanes) is 8. The molecule has 0 aliphatic carbocycles. The molecule has 0 saturated carbocycles. The van der Waals surface area contributed by atoms with Crippen LogP contribution in [-0.2, 0) is 14.3 Å². The zero-order valence-electron chi connectivity index (χ0n) is 13.3. The van der Waals surface area contributed by atoms with Gasteiger partial charge in [0, 0.05) is 12.8 Å². The normalized spacial score (nSPS) is 10.6. The second-order valence-corrected chi connectivity index (χ2v) is 5.46. The van der Waals surface area contributed by atoms with Crippen LogP contribution in [0.2, 0.25) is 0 Å². The van der Waals surface area contributed by atoms with Crippen molar-refractivity contribution in [3.63, 3.8) is 0 Å². The summed E-state index contributed by atoms with van der Waals surface area (Å²) in [6.45, 7) is 1.24. The van der Waals surface area contributed by atoms with Crippen molar-refractivity contribution in [1.82, 2.24) is 0 Å². The van der Waals surface area contributed by atoms with Crippen LogP contribution in [0.25, 0.3) is 0 Å². The predicted molar refractivity (Wildman–Crippen MR) is 84.6 cm³/mol. The quantitative estimate of drug-likeness (QED) is 0.292. The molecule has 0 saturated heterocycles. The third-order valence-electron chi connectivity index (χ3n) is 3.40. The molecule has 5 nitrogen and oxygen atoms in total. The first-order chi connectivity index (χ1) is 10.2. The minimum Gasteiger partial charge on any atom is -0.393 e. The molecule has 0 unspecified atom stereocenters. The fraction of sp³-hybridized carbons (Fsp3) is 0.875. The molecule has 0 aromatic rings. The van der Waals surface area contributed by atoms with E-state index in [9.17, 15) is 9.59 Å². The highest BCUT2D eigenvalue weighted by Crippen LogP contribution is 2.10. The summed E-state index contributed by atoms with van der Waals surface area (Å²) in [4.78, 5) is 22.6. The monoisotopic (exact) mass is 300 g/mol. The summed E-state index contributed by atoms with van der Waals surface area (Å²) < 4.78 is 4.69. The molecule has 0 aromatic carbocycles. The summed E-state index contributed by atoms with van der Waals surface area (Å²) in [5.41, 5.74) is 10.7. The van der Waals surface area contributed by atoms with E-state index in [1.807, 2.05) is 0 Å². The van der Waals surface area contributed by atoms with E-state index in [2.05, 4.69) is 0 Å². The van der Waals surface area contributed by atoms with E-state index in [-0.39, 0.29) is 6.42 Å². The molecule has 0 fully saturated rings. The van der Waals surface area contributed by atoms with Gasteiger partial charge in [-0.25, -0.2) is 0 Å². The van der Waals surface area contributed by atoms with Crippen LogP contribution in [0.4, 0.5) is 0 Å². The van der Waals surface area contributed by atoms with Gasteiger partial charge in [-0.15, -0.1) is 0 Å². The Balaban J connectivity index is 3.27. The van der Waals surface area contributed by atoms with Gasteiger partial charge in [0.2, 0.25) is 0 Å². The minimum absolute atomic E-state index is 0.229. The molecule has 0 amide bonds. The van der Waals surface area contributed by atoms with Crippen molar-refractivity contribution < 1.29 is 14.3 Å². The van der Waals surface area contributed by atoms with E-state index in [1.165, 1.54) is 32.1 Å². The minimum atomic E-state index is -0.456. The fourth-order valence-corrected chi connectivity index (χ4v) is 2.13. The smallest absolute Gasteiger partial charge is 0.313 e. The van der Waals surface area contributed by atoms with Gasteiger partial charge in [0.15, 0.2) is 0 Å². The van der Waals surface area contributed by atoms with Crippen LogP contribution in [-0.4, -0.2) is 25.0 Å². The van der Waals surface area contributed by atoms with Crippen LogP contribution < -0.4 is 11.5 Å². The summed E-state index contributed by atoms with van der Waals surface area (Å²) in [5, 5.41) is 0. The Morgan fingerprint density at radius 1 is 0.571 bits per heavy atom. The van der Waals surface area contributed by atoms with Gasteiger partial charge in [-0.1, -0.05) is 44.9 Å². The first-order valence-corrected chi connectivity index (χ1v) is 8.34. The molecule has 0 atom stereocenters. The molecule has 0 spiro atoms. The van der Waals surface area contributed by atoms with Crippen molar-refractivity contribution in [2.24, 2.45) is 11.5 Å². The summed E-state index contributed by atoms with van der Waals surface area (Å²) in [6, 6.07) is 0. The lowest BCUT2D eigenvalue weighted by molar-refractivity contribution is -0.159. The van der Waals surface area contributed by atoms with Crippen molar-refractivity contribution in [3.05, 3.63) is 0 Å². The first kappa shape index (κ1) is 20.1. The Hall–Kier alpha value is -0.940. The van der Waals surface area contributed by atoms with Crippen LogP contribution in [0, 0.1) is 0 Å². The second-order valence-electron chi connectivity index (χ2n) is 5.46. The molecule has 0 radical (unpaired) electrons. The molecule has 0 rings (SSSR count). The Morgan fingerprint density at radius 2 is 0.952 bits per heavy atom. The van der Waals surface area contributed by atoms with Crippen molar-refractivity contribution in [2.75, 3.05) is 13.1 Å². The highest BCUT2D eigenvalue weighted by atomic mass is 16.6. The van der Waals surface area contributed by atoms with Crippen LogP contribution in [0.1, 0.15) is 77.0 Å². The zero-order chi connectivity index (χ0) is 15.8. The number of rotatable bonds is 14. The molecule has 21 heavy (non-hydrogen) atoms. The Bertz CT molecular complexity index is 270. The average molecular weight is 300 g/mol. The van der Waals surface area contributed by atoms with Gasteiger partial charge in [0.1, 0.15) is 0 Å². The molecule has 0 heterocycles. The number of carbonyl (C=O) groups is 2. The van der Waals surface area contributed by atoms with E-state index >= 15 is 0 Å². The molecular weight excluding hydrogens is 268 g/mol. The molecule has 5 heteroatoms. The van der Waals surface area contributed by atoms with Crippen LogP contribution in [0.15, 0.2) is 0 Å². The van der Waals surface area contributed by atoms with Crippen molar-refractivity contribution >= 4 is 11.9 Å². The molecule has 0 aliphatic heterocycles. The third kappa shape index (κ3) is 15.3. The van der Waals surface area contributed by atoms with E-state index < -0.39 is 11.9 Å². The van der Waals surface area contributed by atoms with Gasteiger partial charge in [-0.2, -0.15) is 0 Å². The van der Waals surface area contributed by atoms with Crippen molar-refractivity contribution in [1.29, 1.82) is 0 Å². The summed E-state index contributed by atoms with van der Waals surface area (Å²) in [6.07, 6.45) is 11.5. The van der Waals surface area contributed by atoms with E-state index in [0.29, 0.717) is 19.4 Å². The fourth-order valence-electron chi connectivity index (χ4n) is 2.13. The molecular formula is C16H32N2O3. The second kappa shape index (κ2) is 15.4. The van der Waals surface area contributed by atoms with Gasteiger partial charge in [-0.3, -0.25) is 9.59 Å². The zero-order valence-corrected chi connectivity index (χ0v) is 13.3. The summed E-state index contributed by atoms with van der Waals surface area (Å²) >= 11 is 0. The largest absolute Gasteiger partial charge is 0.393 e. The number of esters is 2. The van der Waals surface area contributed by atoms with Crippen LogP contribution in [0.5, 0.6) is 0 Å². The van der Waals surface area contributed by atoms with Gasteiger partial charge >= 0.3 is 11.9 Å². The Labute approximate surface area is 128 Å². The molecule has 0 bridgehead atoms. The van der Waals surface area contributed by atoms with Gasteiger partial charge in [0.05, 0.1) is 0 Å². The number of ether oxygens (including phenoxy) is 1. The average Bonchev–Trinajstić information content (AvgIpc) is 2.47. The Kier molecular flexibility index (Phi) is 14.8. The number of nitrogens with two attached hydrogens (primary N) is 2. The lowest BCUT2D eigenvalue weighted by Crippen LogP contribution is -2.13. The summed E-state index contributed by atoms with van der Waals surface area (Å²) in [7, 11) is 0. The maximum absolute atomic E-state index is 11.4. The third-order valence-corrected chi connectivity index (χ3v) is 3.40. The number of hydrogen-bond donors (Lipinski definition) is 2. The lowest BCUT2D eigenvalue weighted by atomic mass is 10.1. The number of hydrogen-bond acceptors (Lipinski definition) is 5. The van der Waals surface area contributed by atoms with Gasteiger partial charge < -0.3 is 16.2 Å². The molecule has 4 N–H and O–H groups in total. The SMILES string of the molecule is NCCCCCCCCCCCC(=O)OC(=O)CCCN. The maximum atomic E-state index is 11.4. The molecule has 0 aliphatic rings. The van der Waals surface area contributed by atoms with Crippen molar-refractivity contribution in [3.8, 4) is 0 Å². The maximum Gasteiger partial charge on any atom is 0.313 e. The van der Waals surface area contributed by atoms with E-state index in [4.69, 9.17) is 16.2 Å². The number of carbonyl (C=O) groups excluding carboxylic acids is 2.